The van der Waals surface area contributed by atoms with Crippen LogP contribution in [0.2, 0.25) is 0 Å². The summed E-state index contributed by atoms with van der Waals surface area (Å²) in [7, 11) is 1.61. The smallest absolute Gasteiger partial charge is 0.253 e. The summed E-state index contributed by atoms with van der Waals surface area (Å²) in [6.45, 7) is 3.63. The highest BCUT2D eigenvalue weighted by atomic mass is 16.5. The maximum atomic E-state index is 12.7. The zero-order valence-corrected chi connectivity index (χ0v) is 15.1. The Morgan fingerprint density at radius 3 is 2.35 bits per heavy atom. The first-order valence-electron chi connectivity index (χ1n) is 8.81. The van der Waals surface area contributed by atoms with E-state index in [0.29, 0.717) is 25.2 Å². The maximum absolute atomic E-state index is 12.7. The molecule has 134 valence electrons. The van der Waals surface area contributed by atoms with Crippen molar-refractivity contribution < 1.29 is 14.3 Å². The first-order chi connectivity index (χ1) is 12.5. The molecule has 26 heavy (non-hydrogen) atoms. The summed E-state index contributed by atoms with van der Waals surface area (Å²) in [5, 5.41) is 0. The lowest BCUT2D eigenvalue weighted by Gasteiger charge is -2.54. The van der Waals surface area contributed by atoms with Crippen LogP contribution in [0.5, 0.6) is 5.75 Å². The fraction of sp³-hybridized carbons (Fsp3) is 0.333. The minimum Gasteiger partial charge on any atom is -0.497 e. The number of para-hydroxylation sites is 1. The van der Waals surface area contributed by atoms with Crippen molar-refractivity contribution in [2.24, 2.45) is 5.41 Å². The third kappa shape index (κ3) is 2.73. The topological polar surface area (TPSA) is 49.9 Å². The molecule has 5 nitrogen and oxygen atoms in total. The summed E-state index contributed by atoms with van der Waals surface area (Å²) in [6, 6.07) is 15.3. The predicted molar refractivity (Wildman–Crippen MR) is 99.5 cm³/mol. The summed E-state index contributed by atoms with van der Waals surface area (Å²) in [5.41, 5.74) is 2.82. The van der Waals surface area contributed by atoms with Crippen LogP contribution in [0, 0.1) is 5.41 Å². The quantitative estimate of drug-likeness (QED) is 0.837. The maximum Gasteiger partial charge on any atom is 0.253 e. The zero-order chi connectivity index (χ0) is 18.3. The Hall–Kier alpha value is -2.82. The van der Waals surface area contributed by atoms with Gasteiger partial charge in [0.1, 0.15) is 5.75 Å². The lowest BCUT2D eigenvalue weighted by Crippen LogP contribution is -2.65. The van der Waals surface area contributed by atoms with Crippen molar-refractivity contribution in [3.8, 4) is 5.75 Å². The van der Waals surface area contributed by atoms with Crippen molar-refractivity contribution in [3.05, 3.63) is 59.7 Å². The molecule has 2 aromatic carbocycles. The molecule has 2 heterocycles. The van der Waals surface area contributed by atoms with Crippen LogP contribution in [0.1, 0.15) is 22.8 Å². The molecule has 0 unspecified atom stereocenters. The molecule has 0 bridgehead atoms. The van der Waals surface area contributed by atoms with Crippen molar-refractivity contribution in [3.63, 3.8) is 0 Å². The van der Waals surface area contributed by atoms with Gasteiger partial charge in [0.2, 0.25) is 5.91 Å². The number of anilines is 1. The Kier molecular flexibility index (Phi) is 3.94. The number of hydrogen-bond acceptors (Lipinski definition) is 3. The van der Waals surface area contributed by atoms with Gasteiger partial charge in [0.05, 0.1) is 7.11 Å². The summed E-state index contributed by atoms with van der Waals surface area (Å²) >= 11 is 0. The molecule has 2 aliphatic rings. The molecule has 1 saturated heterocycles. The molecule has 2 aliphatic heterocycles. The minimum atomic E-state index is -0.0395. The number of carbonyl (C=O) groups excluding carboxylic acids is 2. The molecule has 0 atom stereocenters. The van der Waals surface area contributed by atoms with Crippen LogP contribution in [-0.2, 0) is 11.2 Å². The van der Waals surface area contributed by atoms with Gasteiger partial charge in [0.25, 0.3) is 5.91 Å². The number of hydrogen-bond donors (Lipinski definition) is 0. The van der Waals surface area contributed by atoms with Gasteiger partial charge >= 0.3 is 0 Å². The average Bonchev–Trinajstić information content (AvgIpc) is 2.64. The average molecular weight is 350 g/mol. The number of ether oxygens (including phenoxy) is 1. The van der Waals surface area contributed by atoms with Crippen molar-refractivity contribution in [2.45, 2.75) is 13.3 Å². The first-order valence-corrected chi connectivity index (χ1v) is 8.81. The number of fused-ring (bicyclic) bond motifs is 1. The standard InChI is InChI=1S/C21H22N2O3/c1-15(24)23-14-21(11-17-5-3-4-6-19(17)23)12-22(13-21)20(25)16-7-9-18(26-2)10-8-16/h3-10H,11-14H2,1-2H3. The Bertz CT molecular complexity index is 854. The minimum absolute atomic E-state index is 0.0338. The molecule has 4 rings (SSSR count). The molecule has 1 spiro atoms. The van der Waals surface area contributed by atoms with Gasteiger partial charge in [-0.2, -0.15) is 0 Å². The Morgan fingerprint density at radius 2 is 1.69 bits per heavy atom. The molecule has 1 fully saturated rings. The van der Waals surface area contributed by atoms with Crippen LogP contribution in [0.4, 0.5) is 5.69 Å². The summed E-state index contributed by atoms with van der Waals surface area (Å²) in [4.78, 5) is 28.6. The summed E-state index contributed by atoms with van der Waals surface area (Å²) < 4.78 is 5.14. The van der Waals surface area contributed by atoms with E-state index in [1.165, 1.54) is 5.56 Å². The number of methoxy groups -OCH3 is 1. The Labute approximate surface area is 153 Å². The fourth-order valence-corrected chi connectivity index (χ4v) is 4.12. The highest BCUT2D eigenvalue weighted by Crippen LogP contribution is 2.43. The van der Waals surface area contributed by atoms with E-state index in [0.717, 1.165) is 17.9 Å². The van der Waals surface area contributed by atoms with Crippen molar-refractivity contribution in [2.75, 3.05) is 31.6 Å². The van der Waals surface area contributed by atoms with Gasteiger partial charge in [0, 0.05) is 43.2 Å². The number of amides is 2. The zero-order valence-electron chi connectivity index (χ0n) is 15.1. The second kappa shape index (κ2) is 6.16. The SMILES string of the molecule is COc1ccc(C(=O)N2CC3(Cc4ccccc4N(C(C)=O)C3)C2)cc1. The van der Waals surface area contributed by atoms with Crippen LogP contribution in [0.25, 0.3) is 0 Å². The van der Waals surface area contributed by atoms with Gasteiger partial charge in [0.15, 0.2) is 0 Å². The Balaban J connectivity index is 1.51. The van der Waals surface area contributed by atoms with Crippen LogP contribution in [0.3, 0.4) is 0 Å². The molecular weight excluding hydrogens is 328 g/mol. The van der Waals surface area contributed by atoms with E-state index in [4.69, 9.17) is 4.74 Å². The molecule has 0 saturated carbocycles. The van der Waals surface area contributed by atoms with Gasteiger partial charge < -0.3 is 14.5 Å². The molecule has 2 aromatic rings. The van der Waals surface area contributed by atoms with Gasteiger partial charge in [-0.05, 0) is 42.3 Å². The van der Waals surface area contributed by atoms with Crippen molar-refractivity contribution in [1.82, 2.24) is 4.90 Å². The molecule has 0 N–H and O–H groups in total. The molecular formula is C21H22N2O3. The molecule has 0 aliphatic carbocycles. The monoisotopic (exact) mass is 350 g/mol. The molecule has 0 aromatic heterocycles. The number of benzene rings is 2. The highest BCUT2D eigenvalue weighted by Gasteiger charge is 2.49. The fourth-order valence-electron chi connectivity index (χ4n) is 4.12. The lowest BCUT2D eigenvalue weighted by atomic mass is 9.71. The third-order valence-corrected chi connectivity index (χ3v) is 5.40. The van der Waals surface area contributed by atoms with E-state index in [9.17, 15) is 9.59 Å². The van der Waals surface area contributed by atoms with E-state index in [1.54, 1.807) is 38.3 Å². The largest absolute Gasteiger partial charge is 0.497 e. The normalized spacial score (nSPS) is 17.5. The second-order valence-electron chi connectivity index (χ2n) is 7.30. The van der Waals surface area contributed by atoms with Crippen molar-refractivity contribution in [1.29, 1.82) is 0 Å². The second-order valence-corrected chi connectivity index (χ2v) is 7.30. The molecule has 2 amide bonds. The summed E-state index contributed by atoms with van der Waals surface area (Å²) in [6.07, 6.45) is 0.902. The van der Waals surface area contributed by atoms with Crippen molar-refractivity contribution >= 4 is 17.5 Å². The first kappa shape index (κ1) is 16.6. The van der Waals surface area contributed by atoms with E-state index in [2.05, 4.69) is 6.07 Å². The molecule has 0 radical (unpaired) electrons. The lowest BCUT2D eigenvalue weighted by molar-refractivity contribution is -0.117. The van der Waals surface area contributed by atoms with Crippen LogP contribution < -0.4 is 9.64 Å². The summed E-state index contributed by atoms with van der Waals surface area (Å²) in [5.74, 6) is 0.825. The van der Waals surface area contributed by atoms with Gasteiger partial charge in [-0.1, -0.05) is 18.2 Å². The number of carbonyl (C=O) groups is 2. The third-order valence-electron chi connectivity index (χ3n) is 5.40. The Morgan fingerprint density at radius 1 is 1.00 bits per heavy atom. The van der Waals surface area contributed by atoms with Crippen LogP contribution in [-0.4, -0.2) is 43.5 Å². The van der Waals surface area contributed by atoms with Gasteiger partial charge in [-0.3, -0.25) is 9.59 Å². The van der Waals surface area contributed by atoms with Crippen LogP contribution >= 0.6 is 0 Å². The van der Waals surface area contributed by atoms with Gasteiger partial charge in [-0.25, -0.2) is 0 Å². The predicted octanol–water partition coefficient (Wildman–Crippen LogP) is 2.75. The molecule has 5 heteroatoms. The van der Waals surface area contributed by atoms with E-state index >= 15 is 0 Å². The van der Waals surface area contributed by atoms with Gasteiger partial charge in [-0.15, -0.1) is 0 Å². The van der Waals surface area contributed by atoms with Crippen LogP contribution in [0.15, 0.2) is 48.5 Å². The number of likely N-dealkylation sites (tertiary alicyclic amines) is 1. The van der Waals surface area contributed by atoms with E-state index in [1.807, 2.05) is 28.0 Å². The van der Waals surface area contributed by atoms with E-state index < -0.39 is 0 Å². The van der Waals surface area contributed by atoms with E-state index in [-0.39, 0.29) is 17.2 Å². The number of nitrogens with zero attached hydrogens (tertiary/aromatic N) is 2. The number of rotatable bonds is 2. The highest BCUT2D eigenvalue weighted by molar-refractivity contribution is 5.96.